The van der Waals surface area contributed by atoms with Gasteiger partial charge in [-0.1, -0.05) is 0 Å². The van der Waals surface area contributed by atoms with Gasteiger partial charge in [0.1, 0.15) is 0 Å². The second-order valence-electron chi connectivity index (χ2n) is 1.45. The Bertz CT molecular complexity index is 147. The molecule has 1 rings (SSSR count). The molecule has 0 nitrogen and oxygen atoms in total. The summed E-state index contributed by atoms with van der Waals surface area (Å²) < 4.78 is 1.12. The molecule has 1 aromatic rings. The van der Waals surface area contributed by atoms with Gasteiger partial charge in [0.05, 0.1) is 0 Å². The van der Waals surface area contributed by atoms with Crippen molar-refractivity contribution in [3.63, 3.8) is 0 Å². The molecule has 0 aliphatic heterocycles. The molecule has 0 aliphatic rings. The van der Waals surface area contributed by atoms with E-state index in [0.29, 0.717) is 0 Å². The van der Waals surface area contributed by atoms with Gasteiger partial charge >= 0.3 is 61.4 Å². The summed E-state index contributed by atoms with van der Waals surface area (Å²) in [6.07, 6.45) is 0. The number of benzene rings is 1. The minimum absolute atomic E-state index is 0.781. The summed E-state index contributed by atoms with van der Waals surface area (Å²) >= 11 is 8.47. The van der Waals surface area contributed by atoms with Crippen LogP contribution in [0.1, 0.15) is 0 Å². The maximum atomic E-state index is 5.60. The van der Waals surface area contributed by atoms with Crippen molar-refractivity contribution in [2.24, 2.45) is 0 Å². The van der Waals surface area contributed by atoms with Crippen LogP contribution in [0.3, 0.4) is 0 Å². The molecule has 0 heterocycles. The van der Waals surface area contributed by atoms with Gasteiger partial charge in [0, 0.05) is 0 Å². The monoisotopic (exact) mass is 191 g/mol. The molecule has 0 unspecified atom stereocenters. The Kier molecular flexibility index (Phi) is 1.95. The van der Waals surface area contributed by atoms with Gasteiger partial charge in [0.25, 0.3) is 0 Å². The molecule has 0 saturated carbocycles. The van der Waals surface area contributed by atoms with Crippen LogP contribution < -0.4 is 4.46 Å². The number of hydrogen-bond acceptors (Lipinski definition) is 0. The van der Waals surface area contributed by atoms with E-state index in [4.69, 9.17) is 11.6 Å². The van der Waals surface area contributed by atoms with Gasteiger partial charge in [-0.3, -0.25) is 0 Å². The maximum absolute atomic E-state index is 5.60. The molecular weight excluding hydrogens is 186 g/mol. The molecule has 0 bridgehead atoms. The van der Waals surface area contributed by atoms with E-state index >= 15 is 0 Å². The van der Waals surface area contributed by atoms with Crippen molar-refractivity contribution >= 4 is 32.1 Å². The summed E-state index contributed by atoms with van der Waals surface area (Å²) in [6, 6.07) is 7.57. The van der Waals surface area contributed by atoms with Gasteiger partial charge in [-0.15, -0.1) is 0 Å². The first-order valence-corrected chi connectivity index (χ1v) is 3.45. The van der Waals surface area contributed by atoms with Crippen molar-refractivity contribution in [1.82, 2.24) is 0 Å². The van der Waals surface area contributed by atoms with E-state index in [9.17, 15) is 0 Å². The predicted molar refractivity (Wildman–Crippen MR) is 36.8 cm³/mol. The van der Waals surface area contributed by atoms with E-state index in [1.807, 2.05) is 24.3 Å². The minimum atomic E-state index is 0.781. The molecule has 0 fully saturated rings. The van der Waals surface area contributed by atoms with Crippen LogP contribution in [0.25, 0.3) is 0 Å². The van der Waals surface area contributed by atoms with E-state index in [1.54, 1.807) is 0 Å². The molecular formula is C6H4ClSe+. The Labute approximate surface area is 61.7 Å². The third-order valence-corrected chi connectivity index (χ3v) is 1.64. The van der Waals surface area contributed by atoms with E-state index < -0.39 is 0 Å². The third kappa shape index (κ3) is 1.52. The standard InChI is InChI=1S/C6H4ClSe/c7-5-1-3-6(8)4-2-5/h1-4H/q+1. The average Bonchev–Trinajstić information content (AvgIpc) is 1.77. The van der Waals surface area contributed by atoms with Crippen molar-refractivity contribution in [3.8, 4) is 0 Å². The summed E-state index contributed by atoms with van der Waals surface area (Å²) in [5.74, 6) is 0. The molecule has 2 radical (unpaired) electrons. The van der Waals surface area contributed by atoms with Crippen LogP contribution >= 0.6 is 11.6 Å². The number of halogens is 1. The van der Waals surface area contributed by atoms with Crippen LogP contribution in [0.15, 0.2) is 24.3 Å². The number of rotatable bonds is 0. The normalized spacial score (nSPS) is 9.12. The summed E-state index contributed by atoms with van der Waals surface area (Å²) in [6.45, 7) is 0. The van der Waals surface area contributed by atoms with Crippen molar-refractivity contribution in [1.29, 1.82) is 0 Å². The Morgan fingerprint density at radius 1 is 1.12 bits per heavy atom. The van der Waals surface area contributed by atoms with Crippen LogP contribution in [0.2, 0.25) is 5.02 Å². The predicted octanol–water partition coefficient (Wildman–Crippen LogP) is 1.13. The second-order valence-corrected chi connectivity index (χ2v) is 2.88. The molecule has 0 atom stereocenters. The first-order valence-electron chi connectivity index (χ1n) is 2.21. The first-order chi connectivity index (χ1) is 3.79. The van der Waals surface area contributed by atoms with Gasteiger partial charge < -0.3 is 0 Å². The van der Waals surface area contributed by atoms with Crippen LogP contribution in [0.4, 0.5) is 0 Å². The van der Waals surface area contributed by atoms with Crippen LogP contribution in [-0.4, -0.2) is 16.0 Å². The second kappa shape index (κ2) is 2.54. The zero-order chi connectivity index (χ0) is 5.98. The Morgan fingerprint density at radius 3 is 2.00 bits per heavy atom. The fourth-order valence-electron chi connectivity index (χ4n) is 0.435. The average molecular weight is 191 g/mol. The molecule has 0 aliphatic carbocycles. The summed E-state index contributed by atoms with van der Waals surface area (Å²) in [5, 5.41) is 0.781. The molecule has 0 amide bonds. The van der Waals surface area contributed by atoms with Crippen molar-refractivity contribution in [2.75, 3.05) is 0 Å². The van der Waals surface area contributed by atoms with E-state index in [2.05, 4.69) is 16.0 Å². The summed E-state index contributed by atoms with van der Waals surface area (Å²) in [5.41, 5.74) is 0. The third-order valence-electron chi connectivity index (χ3n) is 0.814. The zero-order valence-corrected chi connectivity index (χ0v) is 6.56. The topological polar surface area (TPSA) is 0 Å². The van der Waals surface area contributed by atoms with Gasteiger partial charge in [0.15, 0.2) is 0 Å². The van der Waals surface area contributed by atoms with Gasteiger partial charge in [-0.05, 0) is 0 Å². The van der Waals surface area contributed by atoms with E-state index in [-0.39, 0.29) is 0 Å². The molecule has 2 heteroatoms. The Balaban J connectivity index is 3.03. The van der Waals surface area contributed by atoms with Crippen molar-refractivity contribution < 1.29 is 0 Å². The van der Waals surface area contributed by atoms with Gasteiger partial charge in [0.2, 0.25) is 0 Å². The first kappa shape index (κ1) is 6.15. The number of hydrogen-bond donors (Lipinski definition) is 0. The van der Waals surface area contributed by atoms with Crippen LogP contribution in [-0.2, 0) is 0 Å². The quantitative estimate of drug-likeness (QED) is 0.538. The molecule has 1 aromatic carbocycles. The summed E-state index contributed by atoms with van der Waals surface area (Å²) in [4.78, 5) is 0. The van der Waals surface area contributed by atoms with Gasteiger partial charge in [-0.25, -0.2) is 0 Å². The molecule has 0 saturated heterocycles. The Morgan fingerprint density at radius 2 is 1.62 bits per heavy atom. The van der Waals surface area contributed by atoms with E-state index in [1.165, 1.54) is 0 Å². The Hall–Kier alpha value is 0.0295. The van der Waals surface area contributed by atoms with E-state index in [0.717, 1.165) is 9.48 Å². The molecule has 0 spiro atoms. The SMILES string of the molecule is Clc1ccc([Se+])cc1. The molecule has 8 heavy (non-hydrogen) atoms. The molecule has 0 N–H and O–H groups in total. The van der Waals surface area contributed by atoms with Gasteiger partial charge in [-0.2, -0.15) is 0 Å². The molecule has 40 valence electrons. The summed E-state index contributed by atoms with van der Waals surface area (Å²) in [7, 11) is 0. The van der Waals surface area contributed by atoms with Crippen molar-refractivity contribution in [2.45, 2.75) is 0 Å². The zero-order valence-electron chi connectivity index (χ0n) is 4.10. The fourth-order valence-corrected chi connectivity index (χ4v) is 0.846. The van der Waals surface area contributed by atoms with Crippen molar-refractivity contribution in [3.05, 3.63) is 29.3 Å². The fraction of sp³-hybridized carbons (Fsp3) is 0. The molecule has 0 aromatic heterocycles. The van der Waals surface area contributed by atoms with Crippen LogP contribution in [0, 0.1) is 0 Å². The van der Waals surface area contributed by atoms with Crippen LogP contribution in [0.5, 0.6) is 0 Å².